The molecule has 0 unspecified atom stereocenters. The lowest BCUT2D eigenvalue weighted by molar-refractivity contribution is 0.0984. The number of carbonyl (C=O) groups is 1. The molecule has 0 saturated heterocycles. The molecule has 0 saturated carbocycles. The number of hydrogen-bond acceptors (Lipinski definition) is 4. The molecule has 4 heteroatoms. The highest BCUT2D eigenvalue weighted by Gasteiger charge is 2.15. The predicted octanol–water partition coefficient (Wildman–Crippen LogP) is 1.25. The van der Waals surface area contributed by atoms with Gasteiger partial charge in [-0.2, -0.15) is 0 Å². The van der Waals surface area contributed by atoms with Crippen molar-refractivity contribution in [3.8, 4) is 11.5 Å². The highest BCUT2D eigenvalue weighted by molar-refractivity contribution is 5.98. The summed E-state index contributed by atoms with van der Waals surface area (Å²) in [7, 11) is 0. The Hall–Kier alpha value is -1.55. The standard InChI is InChI=1S/C11H15NO3/c1-6-7(2)11(15)10(14)5-8(6)9(13)3-4-12/h5,14-15H,3-4,12H2,1-2H3. The maximum absolute atomic E-state index is 11.6. The number of hydrogen-bond donors (Lipinski definition) is 3. The number of Topliss-reactive ketones (excluding diaryl/α,β-unsaturated/α-hetero) is 1. The Morgan fingerprint density at radius 1 is 1.33 bits per heavy atom. The average Bonchev–Trinajstić information content (AvgIpc) is 2.20. The Labute approximate surface area is 88.3 Å². The van der Waals surface area contributed by atoms with Gasteiger partial charge in [0.15, 0.2) is 17.3 Å². The number of phenols is 2. The Morgan fingerprint density at radius 3 is 2.47 bits per heavy atom. The lowest BCUT2D eigenvalue weighted by Gasteiger charge is -2.10. The van der Waals surface area contributed by atoms with Crippen molar-refractivity contribution in [2.45, 2.75) is 20.3 Å². The number of carbonyl (C=O) groups excluding carboxylic acids is 1. The van der Waals surface area contributed by atoms with E-state index in [1.54, 1.807) is 13.8 Å². The van der Waals surface area contributed by atoms with Crippen molar-refractivity contribution in [1.82, 2.24) is 0 Å². The second-order valence-electron chi connectivity index (χ2n) is 3.50. The lowest BCUT2D eigenvalue weighted by atomic mass is 9.97. The van der Waals surface area contributed by atoms with E-state index in [1.807, 2.05) is 0 Å². The van der Waals surface area contributed by atoms with Crippen LogP contribution in [0.15, 0.2) is 6.07 Å². The van der Waals surface area contributed by atoms with E-state index in [0.717, 1.165) is 0 Å². The van der Waals surface area contributed by atoms with Gasteiger partial charge in [-0.05, 0) is 37.6 Å². The largest absolute Gasteiger partial charge is 0.504 e. The number of rotatable bonds is 3. The maximum Gasteiger partial charge on any atom is 0.164 e. The fourth-order valence-corrected chi connectivity index (χ4v) is 1.44. The van der Waals surface area contributed by atoms with Crippen molar-refractivity contribution in [3.05, 3.63) is 22.8 Å². The Kier molecular flexibility index (Phi) is 3.31. The molecule has 4 N–H and O–H groups in total. The van der Waals surface area contributed by atoms with Crippen molar-refractivity contribution in [2.24, 2.45) is 5.73 Å². The third-order valence-corrected chi connectivity index (χ3v) is 2.52. The molecule has 0 aliphatic rings. The number of nitrogens with two attached hydrogens (primary N) is 1. The summed E-state index contributed by atoms with van der Waals surface area (Å²) in [6, 6.07) is 1.29. The van der Waals surface area contributed by atoms with E-state index in [1.165, 1.54) is 6.07 Å². The molecular weight excluding hydrogens is 194 g/mol. The summed E-state index contributed by atoms with van der Waals surface area (Å²) in [5.74, 6) is -0.552. The van der Waals surface area contributed by atoms with Crippen LogP contribution in [-0.2, 0) is 0 Å². The first kappa shape index (κ1) is 11.5. The van der Waals surface area contributed by atoms with Crippen LogP contribution in [-0.4, -0.2) is 22.5 Å². The summed E-state index contributed by atoms with van der Waals surface area (Å²) in [5.41, 5.74) is 6.92. The average molecular weight is 209 g/mol. The van der Waals surface area contributed by atoms with E-state index in [9.17, 15) is 15.0 Å². The number of aromatic hydroxyl groups is 2. The van der Waals surface area contributed by atoms with E-state index >= 15 is 0 Å². The monoisotopic (exact) mass is 209 g/mol. The van der Waals surface area contributed by atoms with Gasteiger partial charge in [0.2, 0.25) is 0 Å². The van der Waals surface area contributed by atoms with Crippen LogP contribution in [0.2, 0.25) is 0 Å². The summed E-state index contributed by atoms with van der Waals surface area (Å²) in [4.78, 5) is 11.6. The molecule has 0 aromatic heterocycles. The molecule has 82 valence electrons. The van der Waals surface area contributed by atoms with Gasteiger partial charge in [0.1, 0.15) is 0 Å². The topological polar surface area (TPSA) is 83.6 Å². The van der Waals surface area contributed by atoms with E-state index < -0.39 is 0 Å². The zero-order valence-electron chi connectivity index (χ0n) is 8.87. The van der Waals surface area contributed by atoms with Crippen LogP contribution in [0.25, 0.3) is 0 Å². The Balaban J connectivity index is 3.26. The minimum absolute atomic E-state index is 0.117. The molecule has 0 aliphatic carbocycles. The van der Waals surface area contributed by atoms with Gasteiger partial charge in [-0.15, -0.1) is 0 Å². The molecule has 0 amide bonds. The van der Waals surface area contributed by atoms with Crippen LogP contribution in [0.5, 0.6) is 11.5 Å². The minimum atomic E-state index is -0.265. The predicted molar refractivity (Wildman–Crippen MR) is 57.2 cm³/mol. The highest BCUT2D eigenvalue weighted by atomic mass is 16.3. The van der Waals surface area contributed by atoms with Crippen LogP contribution < -0.4 is 5.73 Å². The van der Waals surface area contributed by atoms with Gasteiger partial charge in [-0.25, -0.2) is 0 Å². The van der Waals surface area contributed by atoms with Gasteiger partial charge in [0.05, 0.1) is 0 Å². The van der Waals surface area contributed by atoms with Gasteiger partial charge >= 0.3 is 0 Å². The Morgan fingerprint density at radius 2 is 1.93 bits per heavy atom. The second kappa shape index (κ2) is 4.31. The molecule has 0 heterocycles. The van der Waals surface area contributed by atoms with Crippen molar-refractivity contribution >= 4 is 5.78 Å². The summed E-state index contributed by atoms with van der Waals surface area (Å²) in [6.07, 6.45) is 0.241. The number of ketones is 1. The number of phenolic OH excluding ortho intramolecular Hbond substituents is 2. The first-order valence-corrected chi connectivity index (χ1v) is 4.74. The van der Waals surface area contributed by atoms with E-state index in [2.05, 4.69) is 0 Å². The summed E-state index contributed by atoms with van der Waals surface area (Å²) in [6.45, 7) is 3.67. The van der Waals surface area contributed by atoms with Crippen molar-refractivity contribution in [2.75, 3.05) is 6.54 Å². The molecule has 1 rings (SSSR count). The number of benzene rings is 1. The molecule has 0 radical (unpaired) electrons. The van der Waals surface area contributed by atoms with E-state index in [-0.39, 0.29) is 30.2 Å². The van der Waals surface area contributed by atoms with Crippen molar-refractivity contribution in [1.29, 1.82) is 0 Å². The zero-order chi connectivity index (χ0) is 11.6. The molecule has 15 heavy (non-hydrogen) atoms. The van der Waals surface area contributed by atoms with Gasteiger partial charge in [0, 0.05) is 12.0 Å². The molecule has 1 aromatic rings. The van der Waals surface area contributed by atoms with E-state index in [4.69, 9.17) is 5.73 Å². The maximum atomic E-state index is 11.6. The van der Waals surface area contributed by atoms with Gasteiger partial charge in [0.25, 0.3) is 0 Å². The lowest BCUT2D eigenvalue weighted by Crippen LogP contribution is -2.10. The van der Waals surface area contributed by atoms with Gasteiger partial charge in [-0.3, -0.25) is 4.79 Å². The first-order chi connectivity index (χ1) is 6.99. The third kappa shape index (κ3) is 2.10. The van der Waals surface area contributed by atoms with Crippen LogP contribution in [0, 0.1) is 13.8 Å². The molecule has 0 aliphatic heterocycles. The van der Waals surface area contributed by atoms with Gasteiger partial charge in [-0.1, -0.05) is 0 Å². The highest BCUT2D eigenvalue weighted by Crippen LogP contribution is 2.33. The molecule has 1 aromatic carbocycles. The summed E-state index contributed by atoms with van der Waals surface area (Å²) in [5, 5.41) is 18.8. The van der Waals surface area contributed by atoms with Crippen LogP contribution in [0.3, 0.4) is 0 Å². The minimum Gasteiger partial charge on any atom is -0.504 e. The quantitative estimate of drug-likeness (QED) is 0.516. The Bertz CT molecular complexity index is 399. The van der Waals surface area contributed by atoms with Gasteiger partial charge < -0.3 is 15.9 Å². The van der Waals surface area contributed by atoms with Crippen LogP contribution in [0.4, 0.5) is 0 Å². The van der Waals surface area contributed by atoms with Crippen molar-refractivity contribution < 1.29 is 15.0 Å². The summed E-state index contributed by atoms with van der Waals surface area (Å²) >= 11 is 0. The van der Waals surface area contributed by atoms with Crippen LogP contribution in [0.1, 0.15) is 27.9 Å². The molecule has 0 fully saturated rings. The molecule has 4 nitrogen and oxygen atoms in total. The molecular formula is C11H15NO3. The van der Waals surface area contributed by atoms with Crippen LogP contribution >= 0.6 is 0 Å². The molecule has 0 spiro atoms. The fourth-order valence-electron chi connectivity index (χ4n) is 1.44. The first-order valence-electron chi connectivity index (χ1n) is 4.74. The third-order valence-electron chi connectivity index (χ3n) is 2.52. The normalized spacial score (nSPS) is 10.3. The van der Waals surface area contributed by atoms with E-state index in [0.29, 0.717) is 16.7 Å². The second-order valence-corrected chi connectivity index (χ2v) is 3.50. The molecule has 0 bridgehead atoms. The fraction of sp³-hybridized carbons (Fsp3) is 0.364. The summed E-state index contributed by atoms with van der Waals surface area (Å²) < 4.78 is 0. The molecule has 0 atom stereocenters. The smallest absolute Gasteiger partial charge is 0.164 e. The zero-order valence-corrected chi connectivity index (χ0v) is 8.87. The van der Waals surface area contributed by atoms with Crippen molar-refractivity contribution in [3.63, 3.8) is 0 Å². The SMILES string of the molecule is Cc1c(C(=O)CCN)cc(O)c(O)c1C.